The minimum Gasteiger partial charge on any atom is -0.370 e. The topological polar surface area (TPSA) is 173 Å². The molecule has 2 aromatic carbocycles. The molecule has 3 saturated carbocycles. The van der Waals surface area contributed by atoms with Gasteiger partial charge in [0.2, 0.25) is 5.91 Å². The predicted molar refractivity (Wildman–Crippen MR) is 155 cm³/mol. The summed E-state index contributed by atoms with van der Waals surface area (Å²) in [5.41, 5.74) is 20.8. The largest absolute Gasteiger partial charge is 0.370 e. The van der Waals surface area contributed by atoms with Gasteiger partial charge in [-0.1, -0.05) is 55.5 Å². The maximum atomic E-state index is 13.0. The van der Waals surface area contributed by atoms with E-state index in [-0.39, 0.29) is 23.7 Å². The number of nitrogens with zero attached hydrogens (tertiary/aromatic N) is 2. The van der Waals surface area contributed by atoms with Crippen LogP contribution in [0.5, 0.6) is 0 Å². The monoisotopic (exact) mass is 544 g/mol. The van der Waals surface area contributed by atoms with Gasteiger partial charge >= 0.3 is 6.03 Å². The van der Waals surface area contributed by atoms with Crippen LogP contribution < -0.4 is 33.2 Å². The number of amides is 3. The molecule has 2 aromatic rings. The number of carbonyl (C=O) groups excluding carboxylic acids is 2. The molecule has 3 fully saturated rings. The summed E-state index contributed by atoms with van der Waals surface area (Å²) in [5, 5.41) is 8.50. The number of nitrogens with two attached hydrogens (primary N) is 3. The number of aliphatic imine (C=N–C) groups is 2. The van der Waals surface area contributed by atoms with E-state index in [1.807, 2.05) is 48.5 Å². The highest BCUT2D eigenvalue weighted by atomic mass is 16.2. The number of guanidine groups is 2. The van der Waals surface area contributed by atoms with Crippen LogP contribution in [0.4, 0.5) is 4.79 Å². The van der Waals surface area contributed by atoms with Crippen LogP contribution in [0.15, 0.2) is 58.5 Å². The molecule has 3 aliphatic carbocycles. The summed E-state index contributed by atoms with van der Waals surface area (Å²) in [5.74, 6) is 2.64. The third kappa shape index (κ3) is 6.38. The van der Waals surface area contributed by atoms with Crippen molar-refractivity contribution >= 4 is 23.9 Å². The molecular weight excluding hydrogens is 504 g/mol. The summed E-state index contributed by atoms with van der Waals surface area (Å²) < 4.78 is 0. The van der Waals surface area contributed by atoms with Gasteiger partial charge < -0.3 is 27.8 Å². The molecular formula is C30H40N8O2. The summed E-state index contributed by atoms with van der Waals surface area (Å²) in [6.07, 6.45) is 5.02. The molecule has 0 aliphatic heterocycles. The maximum absolute atomic E-state index is 13.0. The van der Waals surface area contributed by atoms with Crippen LogP contribution in [0.25, 0.3) is 0 Å². The summed E-state index contributed by atoms with van der Waals surface area (Å²) in [4.78, 5) is 33.6. The van der Waals surface area contributed by atoms with Gasteiger partial charge in [0.1, 0.15) is 0 Å². The molecule has 1 spiro atoms. The Morgan fingerprint density at radius 3 is 2.17 bits per heavy atom. The van der Waals surface area contributed by atoms with E-state index in [4.69, 9.17) is 17.2 Å². The zero-order valence-corrected chi connectivity index (χ0v) is 23.0. The Hall–Kier alpha value is -4.08. The molecule has 5 rings (SSSR count). The first-order valence-electron chi connectivity index (χ1n) is 14.1. The number of carbonyl (C=O) groups is 2. The Labute approximate surface area is 235 Å². The number of nitrogens with one attached hydrogen (secondary N) is 3. The summed E-state index contributed by atoms with van der Waals surface area (Å²) in [7, 11) is 0. The number of urea groups is 1. The minimum absolute atomic E-state index is 0.0252. The van der Waals surface area contributed by atoms with E-state index in [0.29, 0.717) is 37.5 Å². The molecule has 0 radical (unpaired) electrons. The van der Waals surface area contributed by atoms with Crippen molar-refractivity contribution in [2.24, 2.45) is 56.3 Å². The Kier molecular flexibility index (Phi) is 7.95. The van der Waals surface area contributed by atoms with Crippen molar-refractivity contribution in [3.63, 3.8) is 0 Å². The number of benzene rings is 2. The molecule has 0 saturated heterocycles. The van der Waals surface area contributed by atoms with Crippen LogP contribution in [0.1, 0.15) is 54.9 Å². The summed E-state index contributed by atoms with van der Waals surface area (Å²) in [6.45, 7) is 3.83. The van der Waals surface area contributed by atoms with Crippen molar-refractivity contribution in [1.29, 1.82) is 0 Å². The highest BCUT2D eigenvalue weighted by Crippen LogP contribution is 2.75. The highest BCUT2D eigenvalue weighted by molar-refractivity contribution is 5.95. The lowest BCUT2D eigenvalue weighted by molar-refractivity contribution is -0.124. The van der Waals surface area contributed by atoms with E-state index in [0.717, 1.165) is 34.1 Å². The van der Waals surface area contributed by atoms with E-state index in [9.17, 15) is 9.59 Å². The minimum atomic E-state index is -0.449. The lowest BCUT2D eigenvalue weighted by atomic mass is 9.75. The van der Waals surface area contributed by atoms with Gasteiger partial charge in [-0.2, -0.15) is 0 Å². The maximum Gasteiger partial charge on any atom is 0.321 e. The fourth-order valence-corrected chi connectivity index (χ4v) is 7.21. The average molecular weight is 545 g/mol. The highest BCUT2D eigenvalue weighted by Gasteiger charge is 2.72. The number of hydrogen-bond donors (Lipinski definition) is 6. The molecule has 40 heavy (non-hydrogen) atoms. The van der Waals surface area contributed by atoms with Crippen LogP contribution in [0, 0.1) is 29.1 Å². The van der Waals surface area contributed by atoms with Crippen molar-refractivity contribution in [1.82, 2.24) is 16.0 Å². The standard InChI is InChI=1S/C30H40N8O2/c1-18-8-23-11-24-25(30(24,12-18)13-23)26(39)34-14-19-4-2-6-21(9-19)16-36-28(33)38-29(40)37-17-22-7-3-5-20(10-22)15-35-27(31)32/h2-7,9-10,18,23-25H,8,11-17H2,1H3,(H,34,39)(H4,31,32,35)(H4,33,36,37,38,40). The molecule has 9 N–H and O–H groups in total. The lowest BCUT2D eigenvalue weighted by Gasteiger charge is -2.30. The van der Waals surface area contributed by atoms with Crippen LogP contribution in [0.2, 0.25) is 0 Å². The van der Waals surface area contributed by atoms with Crippen LogP contribution in [-0.2, 0) is 31.0 Å². The molecule has 10 nitrogen and oxygen atoms in total. The normalized spacial score (nSPS) is 26.4. The summed E-state index contributed by atoms with van der Waals surface area (Å²) in [6, 6.07) is 15.1. The van der Waals surface area contributed by atoms with Gasteiger partial charge in [0.05, 0.1) is 13.1 Å². The third-order valence-electron chi connectivity index (χ3n) is 8.67. The van der Waals surface area contributed by atoms with Crippen molar-refractivity contribution < 1.29 is 9.59 Å². The number of hydrogen-bond acceptors (Lipinski definition) is 4. The zero-order chi connectivity index (χ0) is 28.3. The Morgan fingerprint density at radius 1 is 0.875 bits per heavy atom. The summed E-state index contributed by atoms with van der Waals surface area (Å²) >= 11 is 0. The second kappa shape index (κ2) is 11.6. The van der Waals surface area contributed by atoms with Gasteiger partial charge in [-0.05, 0) is 71.1 Å². The van der Waals surface area contributed by atoms with Gasteiger partial charge in [-0.15, -0.1) is 0 Å². The predicted octanol–water partition coefficient (Wildman–Crippen LogP) is 2.46. The average Bonchev–Trinajstić information content (AvgIpc) is 3.39. The Morgan fingerprint density at radius 2 is 1.50 bits per heavy atom. The van der Waals surface area contributed by atoms with E-state index in [1.54, 1.807) is 0 Å². The zero-order valence-electron chi connectivity index (χ0n) is 23.0. The van der Waals surface area contributed by atoms with Crippen LogP contribution in [-0.4, -0.2) is 23.9 Å². The number of fused-ring (bicyclic) bond motifs is 1. The van der Waals surface area contributed by atoms with Crippen LogP contribution in [0.3, 0.4) is 0 Å². The fourth-order valence-electron chi connectivity index (χ4n) is 7.21. The second-order valence-corrected chi connectivity index (χ2v) is 11.8. The van der Waals surface area contributed by atoms with E-state index in [1.165, 1.54) is 25.7 Å². The van der Waals surface area contributed by atoms with Gasteiger partial charge in [0.25, 0.3) is 0 Å². The Bertz CT molecular complexity index is 1320. The van der Waals surface area contributed by atoms with E-state index in [2.05, 4.69) is 32.9 Å². The van der Waals surface area contributed by atoms with Gasteiger partial charge in [-0.3, -0.25) is 10.1 Å². The lowest BCUT2D eigenvalue weighted by Crippen LogP contribution is -2.43. The first-order chi connectivity index (χ1) is 19.2. The van der Waals surface area contributed by atoms with Gasteiger partial charge in [-0.25, -0.2) is 14.8 Å². The van der Waals surface area contributed by atoms with Crippen molar-refractivity contribution in [2.45, 2.75) is 58.8 Å². The smallest absolute Gasteiger partial charge is 0.321 e. The van der Waals surface area contributed by atoms with E-state index < -0.39 is 6.03 Å². The molecule has 5 unspecified atom stereocenters. The molecule has 3 aliphatic rings. The third-order valence-corrected chi connectivity index (χ3v) is 8.67. The number of rotatable bonds is 9. The van der Waals surface area contributed by atoms with Crippen molar-refractivity contribution in [2.75, 3.05) is 0 Å². The molecule has 0 heterocycles. The molecule has 10 heteroatoms. The van der Waals surface area contributed by atoms with Gasteiger partial charge in [0.15, 0.2) is 11.9 Å². The molecule has 0 aromatic heterocycles. The van der Waals surface area contributed by atoms with E-state index >= 15 is 0 Å². The van der Waals surface area contributed by atoms with Gasteiger partial charge in [0, 0.05) is 19.0 Å². The molecule has 3 amide bonds. The first kappa shape index (κ1) is 27.5. The molecule has 212 valence electrons. The SMILES string of the molecule is CC1CC2CC3C(C(=O)NCc4cccc(CN=C(N)NC(=O)NCc5cccc(CN=C(N)N)c5)c4)C3(C1)C2. The van der Waals surface area contributed by atoms with Crippen molar-refractivity contribution in [3.05, 3.63) is 70.8 Å². The van der Waals surface area contributed by atoms with Crippen molar-refractivity contribution in [3.8, 4) is 0 Å². The first-order valence-corrected chi connectivity index (χ1v) is 14.1. The quantitative estimate of drug-likeness (QED) is 0.210. The fraction of sp³-hybridized carbons (Fsp3) is 0.467. The second-order valence-electron chi connectivity index (χ2n) is 11.8. The molecule has 2 bridgehead atoms. The molecule has 5 atom stereocenters. The van der Waals surface area contributed by atoms with Crippen LogP contribution >= 0.6 is 0 Å². The Balaban J connectivity index is 1.06.